The van der Waals surface area contributed by atoms with Crippen LogP contribution in [0.25, 0.3) is 0 Å². The third-order valence-corrected chi connectivity index (χ3v) is 3.12. The number of furan rings is 1. The van der Waals surface area contributed by atoms with E-state index < -0.39 is 6.04 Å². The lowest BCUT2D eigenvalue weighted by Gasteiger charge is -2.13. The maximum atomic E-state index is 12.0. The van der Waals surface area contributed by atoms with Crippen LogP contribution in [0, 0.1) is 0 Å². The lowest BCUT2D eigenvalue weighted by Crippen LogP contribution is -2.44. The minimum absolute atomic E-state index is 0.284. The van der Waals surface area contributed by atoms with Crippen LogP contribution in [0.5, 0.6) is 0 Å². The Morgan fingerprint density at radius 1 is 1.24 bits per heavy atom. The fraction of sp³-hybridized carbons (Fsp3) is 0.200. The van der Waals surface area contributed by atoms with E-state index in [0.29, 0.717) is 16.3 Å². The van der Waals surface area contributed by atoms with Gasteiger partial charge in [-0.3, -0.25) is 9.59 Å². The van der Waals surface area contributed by atoms with Crippen molar-refractivity contribution >= 4 is 23.4 Å². The second-order valence-corrected chi connectivity index (χ2v) is 4.94. The van der Waals surface area contributed by atoms with Crippen molar-refractivity contribution < 1.29 is 14.0 Å². The lowest BCUT2D eigenvalue weighted by atomic mass is 10.2. The van der Waals surface area contributed by atoms with Gasteiger partial charge >= 0.3 is 0 Å². The van der Waals surface area contributed by atoms with Crippen LogP contribution in [0.3, 0.4) is 0 Å². The van der Waals surface area contributed by atoms with E-state index in [9.17, 15) is 9.59 Å². The Labute approximate surface area is 127 Å². The van der Waals surface area contributed by atoms with Crippen molar-refractivity contribution in [3.63, 3.8) is 0 Å². The number of benzene rings is 1. The highest BCUT2D eigenvalue weighted by Gasteiger charge is 2.16. The zero-order valence-electron chi connectivity index (χ0n) is 11.4. The molecule has 2 rings (SSSR count). The lowest BCUT2D eigenvalue weighted by molar-refractivity contribution is -0.122. The minimum atomic E-state index is -0.650. The molecule has 0 bridgehead atoms. The first kappa shape index (κ1) is 15.1. The number of hydrogen-bond donors (Lipinski definition) is 2. The van der Waals surface area contributed by atoms with Gasteiger partial charge in [0.15, 0.2) is 0 Å². The average molecular weight is 307 g/mol. The van der Waals surface area contributed by atoms with Gasteiger partial charge in [-0.25, -0.2) is 0 Å². The molecule has 110 valence electrons. The molecule has 2 aromatic rings. The SMILES string of the molecule is C[C@@H](NC(=O)c1ccc(Cl)cc1)C(=O)NCc1ccco1. The summed E-state index contributed by atoms with van der Waals surface area (Å²) in [7, 11) is 0. The minimum Gasteiger partial charge on any atom is -0.467 e. The van der Waals surface area contributed by atoms with Gasteiger partial charge in [0.1, 0.15) is 11.8 Å². The van der Waals surface area contributed by atoms with Crippen molar-refractivity contribution in [3.8, 4) is 0 Å². The van der Waals surface area contributed by atoms with Crippen molar-refractivity contribution in [1.29, 1.82) is 0 Å². The number of carbonyl (C=O) groups is 2. The molecule has 0 saturated heterocycles. The molecule has 0 unspecified atom stereocenters. The van der Waals surface area contributed by atoms with Crippen LogP contribution in [0.15, 0.2) is 47.1 Å². The molecule has 0 fully saturated rings. The molecule has 2 amide bonds. The summed E-state index contributed by atoms with van der Waals surface area (Å²) in [4.78, 5) is 23.8. The number of halogens is 1. The summed E-state index contributed by atoms with van der Waals surface area (Å²) < 4.78 is 5.11. The molecular weight excluding hydrogens is 292 g/mol. The molecule has 2 N–H and O–H groups in total. The van der Waals surface area contributed by atoms with Gasteiger partial charge in [-0.15, -0.1) is 0 Å². The molecular formula is C15H15ClN2O3. The highest BCUT2D eigenvalue weighted by atomic mass is 35.5. The molecule has 0 aliphatic rings. The standard InChI is InChI=1S/C15H15ClN2O3/c1-10(14(19)17-9-13-3-2-8-21-13)18-15(20)11-4-6-12(16)7-5-11/h2-8,10H,9H2,1H3,(H,17,19)(H,18,20)/t10-/m1/s1. The van der Waals surface area contributed by atoms with Gasteiger partial charge in [0.2, 0.25) is 5.91 Å². The maximum absolute atomic E-state index is 12.0. The Kier molecular flexibility index (Phi) is 5.00. The number of rotatable bonds is 5. The van der Waals surface area contributed by atoms with E-state index >= 15 is 0 Å². The molecule has 1 heterocycles. The highest BCUT2D eigenvalue weighted by Crippen LogP contribution is 2.09. The Morgan fingerprint density at radius 2 is 1.95 bits per heavy atom. The van der Waals surface area contributed by atoms with E-state index in [4.69, 9.17) is 16.0 Å². The first-order valence-electron chi connectivity index (χ1n) is 6.43. The summed E-state index contributed by atoms with van der Waals surface area (Å²) in [5.74, 6) is 0.0422. The summed E-state index contributed by atoms with van der Waals surface area (Å²) in [6, 6.07) is 9.31. The first-order chi connectivity index (χ1) is 10.1. The Hall–Kier alpha value is -2.27. The predicted octanol–water partition coefficient (Wildman–Crippen LogP) is 2.37. The zero-order chi connectivity index (χ0) is 15.2. The smallest absolute Gasteiger partial charge is 0.251 e. The number of hydrogen-bond acceptors (Lipinski definition) is 3. The fourth-order valence-corrected chi connectivity index (χ4v) is 1.81. The second-order valence-electron chi connectivity index (χ2n) is 4.50. The molecule has 0 saturated carbocycles. The summed E-state index contributed by atoms with van der Waals surface area (Å²) in [5.41, 5.74) is 0.449. The summed E-state index contributed by atoms with van der Waals surface area (Å²) >= 11 is 5.76. The molecule has 21 heavy (non-hydrogen) atoms. The molecule has 6 heteroatoms. The Balaban J connectivity index is 1.85. The monoisotopic (exact) mass is 306 g/mol. The van der Waals surface area contributed by atoms with Crippen molar-refractivity contribution in [2.45, 2.75) is 19.5 Å². The van der Waals surface area contributed by atoms with Gasteiger partial charge in [0.25, 0.3) is 5.91 Å². The van der Waals surface area contributed by atoms with Gasteiger partial charge in [0.05, 0.1) is 12.8 Å². The van der Waals surface area contributed by atoms with Crippen LogP contribution >= 0.6 is 11.6 Å². The van der Waals surface area contributed by atoms with Crippen LogP contribution in [0.2, 0.25) is 5.02 Å². The van der Waals surface area contributed by atoms with E-state index in [2.05, 4.69) is 10.6 Å². The molecule has 1 aromatic heterocycles. The van der Waals surface area contributed by atoms with Gasteiger partial charge < -0.3 is 15.1 Å². The second kappa shape index (κ2) is 6.95. The topological polar surface area (TPSA) is 71.3 Å². The molecule has 1 atom stereocenters. The van der Waals surface area contributed by atoms with E-state index in [1.165, 1.54) is 6.26 Å². The van der Waals surface area contributed by atoms with Crippen molar-refractivity contribution in [3.05, 3.63) is 59.0 Å². The van der Waals surface area contributed by atoms with Crippen molar-refractivity contribution in [1.82, 2.24) is 10.6 Å². The summed E-state index contributed by atoms with van der Waals surface area (Å²) in [6.45, 7) is 1.90. The Bertz CT molecular complexity index is 608. The van der Waals surface area contributed by atoms with Gasteiger partial charge in [-0.1, -0.05) is 11.6 Å². The third-order valence-electron chi connectivity index (χ3n) is 2.86. The highest BCUT2D eigenvalue weighted by molar-refractivity contribution is 6.30. The maximum Gasteiger partial charge on any atom is 0.251 e. The normalized spacial score (nSPS) is 11.7. The van der Waals surface area contributed by atoms with Gasteiger partial charge in [-0.2, -0.15) is 0 Å². The summed E-state index contributed by atoms with van der Waals surface area (Å²) in [5, 5.41) is 5.85. The summed E-state index contributed by atoms with van der Waals surface area (Å²) in [6.07, 6.45) is 1.53. The number of carbonyl (C=O) groups excluding carboxylic acids is 2. The average Bonchev–Trinajstić information content (AvgIpc) is 2.98. The van der Waals surface area contributed by atoms with E-state index in [1.807, 2.05) is 0 Å². The van der Waals surface area contributed by atoms with E-state index in [-0.39, 0.29) is 18.4 Å². The van der Waals surface area contributed by atoms with E-state index in [0.717, 1.165) is 0 Å². The van der Waals surface area contributed by atoms with Crippen LogP contribution in [-0.4, -0.2) is 17.9 Å². The van der Waals surface area contributed by atoms with E-state index in [1.54, 1.807) is 43.3 Å². The molecule has 0 aliphatic carbocycles. The van der Waals surface area contributed by atoms with Crippen LogP contribution in [0.4, 0.5) is 0 Å². The largest absolute Gasteiger partial charge is 0.467 e. The van der Waals surface area contributed by atoms with Gasteiger partial charge in [-0.05, 0) is 43.3 Å². The number of amides is 2. The van der Waals surface area contributed by atoms with Crippen LogP contribution < -0.4 is 10.6 Å². The zero-order valence-corrected chi connectivity index (χ0v) is 12.2. The molecule has 1 aromatic carbocycles. The number of nitrogens with one attached hydrogen (secondary N) is 2. The van der Waals surface area contributed by atoms with Crippen LogP contribution in [-0.2, 0) is 11.3 Å². The Morgan fingerprint density at radius 3 is 2.57 bits per heavy atom. The molecule has 0 radical (unpaired) electrons. The predicted molar refractivity (Wildman–Crippen MR) is 78.9 cm³/mol. The third kappa shape index (κ3) is 4.36. The molecule has 0 spiro atoms. The molecule has 0 aliphatic heterocycles. The first-order valence-corrected chi connectivity index (χ1v) is 6.80. The van der Waals surface area contributed by atoms with Crippen molar-refractivity contribution in [2.75, 3.05) is 0 Å². The van der Waals surface area contributed by atoms with Crippen molar-refractivity contribution in [2.24, 2.45) is 0 Å². The fourth-order valence-electron chi connectivity index (χ4n) is 1.69. The quantitative estimate of drug-likeness (QED) is 0.891. The van der Waals surface area contributed by atoms with Crippen LogP contribution in [0.1, 0.15) is 23.0 Å². The van der Waals surface area contributed by atoms with Gasteiger partial charge in [0, 0.05) is 10.6 Å². The molecule has 5 nitrogen and oxygen atoms in total.